The van der Waals surface area contributed by atoms with Crippen LogP contribution in [0.2, 0.25) is 0 Å². The normalized spacial score (nSPS) is 12.6. The molecule has 32 heavy (non-hydrogen) atoms. The van der Waals surface area contributed by atoms with Crippen LogP contribution in [0.4, 0.5) is 0 Å². The summed E-state index contributed by atoms with van der Waals surface area (Å²) in [4.78, 5) is 22.9. The molecule has 0 radical (unpaired) electrons. The summed E-state index contributed by atoms with van der Waals surface area (Å²) in [7, 11) is -3.37. The lowest BCUT2D eigenvalue weighted by Gasteiger charge is -2.12. The molecule has 0 amide bonds. The maximum absolute atomic E-state index is 12.2. The smallest absolute Gasteiger partial charge is 0.338 e. The molecule has 1 unspecified atom stereocenters. The monoisotopic (exact) mass is 467 g/mol. The number of sulfonamides is 1. The van der Waals surface area contributed by atoms with Crippen molar-refractivity contribution in [1.82, 2.24) is 4.72 Å². The van der Waals surface area contributed by atoms with E-state index >= 15 is 0 Å². The number of carbonyl (C=O) groups excluding carboxylic acids is 2. The number of rotatable bonds is 16. The molecule has 0 saturated carbocycles. The second-order valence-corrected chi connectivity index (χ2v) is 9.52. The summed E-state index contributed by atoms with van der Waals surface area (Å²) in [5, 5.41) is 0. The van der Waals surface area contributed by atoms with Gasteiger partial charge in [0.05, 0.1) is 17.9 Å². The second kappa shape index (κ2) is 15.6. The van der Waals surface area contributed by atoms with E-state index in [0.717, 1.165) is 31.2 Å². The number of allylic oxidation sites excluding steroid dienone is 1. The molecule has 0 saturated heterocycles. The van der Waals surface area contributed by atoms with E-state index in [9.17, 15) is 18.0 Å². The molecule has 0 fully saturated rings. The highest BCUT2D eigenvalue weighted by Gasteiger charge is 2.10. The van der Waals surface area contributed by atoms with Crippen LogP contribution in [0.1, 0.15) is 75.2 Å². The van der Waals surface area contributed by atoms with Crippen molar-refractivity contribution >= 4 is 22.0 Å². The van der Waals surface area contributed by atoms with Crippen molar-refractivity contribution in [2.45, 2.75) is 71.8 Å². The Hall–Kier alpha value is -2.19. The van der Waals surface area contributed by atoms with Crippen LogP contribution >= 0.6 is 0 Å². The summed E-state index contributed by atoms with van der Waals surface area (Å²) in [6, 6.07) is 7.14. The van der Waals surface area contributed by atoms with Gasteiger partial charge in [-0.25, -0.2) is 17.9 Å². The molecule has 8 heteroatoms. The van der Waals surface area contributed by atoms with Gasteiger partial charge >= 0.3 is 11.9 Å². The van der Waals surface area contributed by atoms with Crippen LogP contribution in [0.3, 0.4) is 0 Å². The van der Waals surface area contributed by atoms with E-state index in [4.69, 9.17) is 9.47 Å². The van der Waals surface area contributed by atoms with E-state index in [1.165, 1.54) is 6.92 Å². The third-order valence-corrected chi connectivity index (χ3v) is 6.16. The Kier molecular flexibility index (Phi) is 13.6. The van der Waals surface area contributed by atoms with Gasteiger partial charge < -0.3 is 9.47 Å². The van der Waals surface area contributed by atoms with Crippen molar-refractivity contribution < 1.29 is 27.5 Å². The molecular formula is C24H37NO6S. The van der Waals surface area contributed by atoms with Gasteiger partial charge in [-0.3, -0.25) is 4.79 Å². The molecule has 0 heterocycles. The van der Waals surface area contributed by atoms with Crippen LogP contribution in [0.5, 0.6) is 0 Å². The van der Waals surface area contributed by atoms with Crippen molar-refractivity contribution in [3.63, 3.8) is 0 Å². The SMILES string of the molecule is CCCCCC(/C=C/CCS(=O)(=O)NCCCc1ccc(C(=O)OCC)cc1)OC(C)=O. The molecule has 0 aliphatic carbocycles. The summed E-state index contributed by atoms with van der Waals surface area (Å²) in [6.07, 6.45) is 8.82. The zero-order valence-corrected chi connectivity index (χ0v) is 20.3. The Morgan fingerprint density at radius 3 is 2.44 bits per heavy atom. The quantitative estimate of drug-likeness (QED) is 0.223. The van der Waals surface area contributed by atoms with Gasteiger partial charge in [0.15, 0.2) is 0 Å². The minimum absolute atomic E-state index is 0.0144. The summed E-state index contributed by atoms with van der Waals surface area (Å²) in [5.41, 5.74) is 1.53. The number of hydrogen-bond acceptors (Lipinski definition) is 6. The van der Waals surface area contributed by atoms with Gasteiger partial charge in [-0.1, -0.05) is 38.0 Å². The van der Waals surface area contributed by atoms with E-state index in [1.54, 1.807) is 31.2 Å². The van der Waals surface area contributed by atoms with Gasteiger partial charge in [0.25, 0.3) is 0 Å². The van der Waals surface area contributed by atoms with Crippen molar-refractivity contribution in [1.29, 1.82) is 0 Å². The first kappa shape index (κ1) is 27.8. The molecule has 1 aromatic rings. The third kappa shape index (κ3) is 12.6. The number of benzene rings is 1. The molecule has 1 N–H and O–H groups in total. The van der Waals surface area contributed by atoms with E-state index in [1.807, 2.05) is 12.1 Å². The second-order valence-electron chi connectivity index (χ2n) is 7.59. The lowest BCUT2D eigenvalue weighted by atomic mass is 10.1. The highest BCUT2D eigenvalue weighted by atomic mass is 32.2. The number of esters is 2. The van der Waals surface area contributed by atoms with Gasteiger partial charge in [-0.05, 0) is 62.8 Å². The number of ether oxygens (including phenoxy) is 2. The molecule has 180 valence electrons. The third-order valence-electron chi connectivity index (χ3n) is 4.74. The fourth-order valence-electron chi connectivity index (χ4n) is 3.09. The largest absolute Gasteiger partial charge is 0.462 e. The highest BCUT2D eigenvalue weighted by Crippen LogP contribution is 2.10. The predicted molar refractivity (Wildman–Crippen MR) is 126 cm³/mol. The molecule has 7 nitrogen and oxygen atoms in total. The summed E-state index contributed by atoms with van der Waals surface area (Å²) in [5.74, 6) is -0.693. The molecule has 0 aliphatic heterocycles. The number of carbonyl (C=O) groups is 2. The Labute approximate surface area is 192 Å². The molecule has 0 aromatic heterocycles. The van der Waals surface area contributed by atoms with Crippen molar-refractivity contribution in [3.8, 4) is 0 Å². The molecule has 1 rings (SSSR count). The van der Waals surface area contributed by atoms with Crippen LogP contribution < -0.4 is 4.72 Å². The number of nitrogens with one attached hydrogen (secondary N) is 1. The van der Waals surface area contributed by atoms with E-state index in [-0.39, 0.29) is 23.8 Å². The summed E-state index contributed by atoms with van der Waals surface area (Å²) in [6.45, 7) is 5.93. The number of unbranched alkanes of at least 4 members (excludes halogenated alkanes) is 2. The predicted octanol–water partition coefficient (Wildman–Crippen LogP) is 4.17. The van der Waals surface area contributed by atoms with Gasteiger partial charge in [0.2, 0.25) is 10.0 Å². The minimum atomic E-state index is -3.37. The maximum Gasteiger partial charge on any atom is 0.338 e. The fraction of sp³-hybridized carbons (Fsp3) is 0.583. The zero-order chi connectivity index (χ0) is 23.8. The molecule has 1 aromatic carbocycles. The highest BCUT2D eigenvalue weighted by molar-refractivity contribution is 7.89. The van der Waals surface area contributed by atoms with Crippen LogP contribution in [0, 0.1) is 0 Å². The Bertz CT molecular complexity index is 817. The van der Waals surface area contributed by atoms with E-state index < -0.39 is 10.0 Å². The van der Waals surface area contributed by atoms with Crippen LogP contribution in [-0.2, 0) is 30.7 Å². The van der Waals surface area contributed by atoms with Crippen molar-refractivity contribution in [3.05, 3.63) is 47.5 Å². The molecule has 0 spiro atoms. The summed E-state index contributed by atoms with van der Waals surface area (Å²) >= 11 is 0. The van der Waals surface area contributed by atoms with Crippen LogP contribution in [0.15, 0.2) is 36.4 Å². The lowest BCUT2D eigenvalue weighted by molar-refractivity contribution is -0.144. The molecule has 0 bridgehead atoms. The van der Waals surface area contributed by atoms with Crippen molar-refractivity contribution in [2.24, 2.45) is 0 Å². The lowest BCUT2D eigenvalue weighted by Crippen LogP contribution is -2.27. The topological polar surface area (TPSA) is 98.8 Å². The first-order valence-corrected chi connectivity index (χ1v) is 13.0. The Morgan fingerprint density at radius 2 is 1.81 bits per heavy atom. The van der Waals surface area contributed by atoms with Gasteiger partial charge in [0.1, 0.15) is 6.10 Å². The number of aryl methyl sites for hydroxylation is 1. The fourth-order valence-corrected chi connectivity index (χ4v) is 4.13. The molecule has 0 aliphatic rings. The van der Waals surface area contributed by atoms with E-state index in [0.29, 0.717) is 38.0 Å². The van der Waals surface area contributed by atoms with Gasteiger partial charge in [0, 0.05) is 13.5 Å². The van der Waals surface area contributed by atoms with Crippen LogP contribution in [0.25, 0.3) is 0 Å². The standard InChI is InChI=1S/C24H37NO6S/c1-4-6-7-12-23(31-20(3)26)13-8-9-19-32(28,29)25-18-10-11-21-14-16-22(17-15-21)24(27)30-5-2/h8,13-17,23,25H,4-7,9-12,18-19H2,1-3H3/b13-8+. The molecular weight excluding hydrogens is 430 g/mol. The average Bonchev–Trinajstić information content (AvgIpc) is 2.74. The van der Waals surface area contributed by atoms with E-state index in [2.05, 4.69) is 11.6 Å². The first-order chi connectivity index (χ1) is 15.3. The first-order valence-electron chi connectivity index (χ1n) is 11.3. The molecule has 1 atom stereocenters. The van der Waals surface area contributed by atoms with Crippen molar-refractivity contribution in [2.75, 3.05) is 18.9 Å². The number of hydrogen-bond donors (Lipinski definition) is 1. The Morgan fingerprint density at radius 1 is 1.09 bits per heavy atom. The zero-order valence-electron chi connectivity index (χ0n) is 19.5. The maximum atomic E-state index is 12.2. The Balaban J connectivity index is 2.35. The van der Waals surface area contributed by atoms with Gasteiger partial charge in [-0.15, -0.1) is 0 Å². The van der Waals surface area contributed by atoms with Gasteiger partial charge in [-0.2, -0.15) is 0 Å². The summed E-state index contributed by atoms with van der Waals surface area (Å²) < 4.78 is 37.2. The van der Waals surface area contributed by atoms with Crippen LogP contribution in [-0.4, -0.2) is 45.4 Å². The average molecular weight is 468 g/mol. The minimum Gasteiger partial charge on any atom is -0.462 e.